The van der Waals surface area contributed by atoms with Crippen LogP contribution in [0.4, 0.5) is 5.00 Å². The number of carbonyl (C=O) groups excluding carboxylic acids is 1. The SMILES string of the molecule is Cc1cc(C(C)C)sc1NC=O. The zero-order chi connectivity index (χ0) is 9.14. The predicted octanol–water partition coefficient (Wildman–Crippen LogP) is 2.75. The quantitative estimate of drug-likeness (QED) is 0.717. The summed E-state index contributed by atoms with van der Waals surface area (Å²) in [5, 5.41) is 3.66. The van der Waals surface area contributed by atoms with E-state index in [0.717, 1.165) is 17.0 Å². The molecular weight excluding hydrogens is 170 g/mol. The van der Waals surface area contributed by atoms with Crippen molar-refractivity contribution in [3.8, 4) is 0 Å². The molecule has 1 aromatic heterocycles. The van der Waals surface area contributed by atoms with E-state index in [2.05, 4.69) is 25.2 Å². The van der Waals surface area contributed by atoms with Gasteiger partial charge in [0.1, 0.15) is 0 Å². The van der Waals surface area contributed by atoms with E-state index in [1.54, 1.807) is 11.3 Å². The summed E-state index contributed by atoms with van der Waals surface area (Å²) in [7, 11) is 0. The fourth-order valence-corrected chi connectivity index (χ4v) is 2.02. The van der Waals surface area contributed by atoms with E-state index in [1.807, 2.05) is 6.92 Å². The molecule has 0 unspecified atom stereocenters. The number of hydrogen-bond donors (Lipinski definition) is 1. The molecule has 0 aliphatic rings. The predicted molar refractivity (Wildman–Crippen MR) is 52.8 cm³/mol. The van der Waals surface area contributed by atoms with Gasteiger partial charge in [0.2, 0.25) is 6.41 Å². The van der Waals surface area contributed by atoms with Crippen LogP contribution in [-0.4, -0.2) is 6.41 Å². The van der Waals surface area contributed by atoms with Crippen LogP contribution in [0.15, 0.2) is 6.07 Å². The maximum absolute atomic E-state index is 10.2. The van der Waals surface area contributed by atoms with Crippen LogP contribution < -0.4 is 5.32 Å². The average Bonchev–Trinajstić information content (AvgIpc) is 2.34. The Hall–Kier alpha value is -0.830. The highest BCUT2D eigenvalue weighted by molar-refractivity contribution is 7.16. The van der Waals surface area contributed by atoms with Gasteiger partial charge in [0.05, 0.1) is 5.00 Å². The molecule has 0 saturated heterocycles. The van der Waals surface area contributed by atoms with Crippen LogP contribution >= 0.6 is 11.3 Å². The van der Waals surface area contributed by atoms with Gasteiger partial charge in [0.15, 0.2) is 0 Å². The molecule has 2 nitrogen and oxygen atoms in total. The molecule has 0 saturated carbocycles. The molecule has 0 aliphatic heterocycles. The number of nitrogens with one attached hydrogen (secondary N) is 1. The van der Waals surface area contributed by atoms with Gasteiger partial charge in [-0.05, 0) is 24.5 Å². The van der Waals surface area contributed by atoms with Crippen molar-refractivity contribution in [2.24, 2.45) is 0 Å². The Morgan fingerprint density at radius 1 is 1.58 bits per heavy atom. The summed E-state index contributed by atoms with van der Waals surface area (Å²) in [5.74, 6) is 0.538. The molecule has 0 atom stereocenters. The number of rotatable bonds is 3. The summed E-state index contributed by atoms with van der Waals surface area (Å²) in [6, 6.07) is 2.13. The van der Waals surface area contributed by atoms with Crippen molar-refractivity contribution in [3.05, 3.63) is 16.5 Å². The van der Waals surface area contributed by atoms with Crippen LogP contribution in [0, 0.1) is 6.92 Å². The summed E-state index contributed by atoms with van der Waals surface area (Å²) < 4.78 is 0. The third-order valence-corrected chi connectivity index (χ3v) is 3.16. The third kappa shape index (κ3) is 1.85. The second-order valence-electron chi connectivity index (χ2n) is 3.08. The molecule has 0 radical (unpaired) electrons. The topological polar surface area (TPSA) is 29.1 Å². The number of carbonyl (C=O) groups is 1. The number of amides is 1. The van der Waals surface area contributed by atoms with Gasteiger partial charge in [0, 0.05) is 4.88 Å². The monoisotopic (exact) mass is 183 g/mol. The van der Waals surface area contributed by atoms with Gasteiger partial charge in [0.25, 0.3) is 0 Å². The van der Waals surface area contributed by atoms with E-state index in [0.29, 0.717) is 5.92 Å². The van der Waals surface area contributed by atoms with E-state index in [1.165, 1.54) is 4.88 Å². The van der Waals surface area contributed by atoms with Crippen LogP contribution in [0.2, 0.25) is 0 Å². The lowest BCUT2D eigenvalue weighted by molar-refractivity contribution is -0.105. The largest absolute Gasteiger partial charge is 0.320 e. The van der Waals surface area contributed by atoms with Crippen molar-refractivity contribution >= 4 is 22.7 Å². The lowest BCUT2D eigenvalue weighted by Crippen LogP contribution is -1.91. The Labute approximate surface area is 76.6 Å². The van der Waals surface area contributed by atoms with Crippen LogP contribution in [0.25, 0.3) is 0 Å². The zero-order valence-electron chi connectivity index (χ0n) is 7.55. The average molecular weight is 183 g/mol. The van der Waals surface area contributed by atoms with Crippen molar-refractivity contribution < 1.29 is 4.79 Å². The van der Waals surface area contributed by atoms with Gasteiger partial charge < -0.3 is 5.32 Å². The molecule has 1 aromatic rings. The van der Waals surface area contributed by atoms with E-state index >= 15 is 0 Å². The molecule has 3 heteroatoms. The van der Waals surface area contributed by atoms with Crippen molar-refractivity contribution in [1.82, 2.24) is 0 Å². The van der Waals surface area contributed by atoms with Crippen LogP contribution in [0.5, 0.6) is 0 Å². The molecule has 0 aliphatic carbocycles. The van der Waals surface area contributed by atoms with Crippen molar-refractivity contribution in [2.75, 3.05) is 5.32 Å². The van der Waals surface area contributed by atoms with E-state index < -0.39 is 0 Å². The Balaban J connectivity index is 2.91. The zero-order valence-corrected chi connectivity index (χ0v) is 8.37. The molecule has 1 N–H and O–H groups in total. The van der Waals surface area contributed by atoms with Gasteiger partial charge in [-0.25, -0.2) is 0 Å². The molecule has 0 fully saturated rings. The van der Waals surface area contributed by atoms with Crippen LogP contribution in [0.3, 0.4) is 0 Å². The molecule has 0 aromatic carbocycles. The number of anilines is 1. The van der Waals surface area contributed by atoms with E-state index in [4.69, 9.17) is 0 Å². The highest BCUT2D eigenvalue weighted by atomic mass is 32.1. The molecular formula is C9H13NOS. The van der Waals surface area contributed by atoms with E-state index in [-0.39, 0.29) is 0 Å². The van der Waals surface area contributed by atoms with Crippen molar-refractivity contribution in [2.45, 2.75) is 26.7 Å². The summed E-state index contributed by atoms with van der Waals surface area (Å²) in [6.07, 6.45) is 0.725. The molecule has 0 spiro atoms. The lowest BCUT2D eigenvalue weighted by atomic mass is 10.1. The fourth-order valence-electron chi connectivity index (χ4n) is 0.988. The Kier molecular flexibility index (Phi) is 2.87. The summed E-state index contributed by atoms with van der Waals surface area (Å²) in [5.41, 5.74) is 1.15. The first-order valence-corrected chi connectivity index (χ1v) is 4.77. The van der Waals surface area contributed by atoms with Crippen LogP contribution in [0.1, 0.15) is 30.2 Å². The molecule has 1 rings (SSSR count). The second kappa shape index (κ2) is 3.72. The van der Waals surface area contributed by atoms with Gasteiger partial charge in [-0.1, -0.05) is 13.8 Å². The molecule has 1 heterocycles. The third-order valence-electron chi connectivity index (χ3n) is 1.70. The first-order valence-electron chi connectivity index (χ1n) is 3.95. The normalized spacial score (nSPS) is 10.3. The highest BCUT2D eigenvalue weighted by Gasteiger charge is 2.06. The first kappa shape index (κ1) is 9.26. The Morgan fingerprint density at radius 2 is 2.25 bits per heavy atom. The van der Waals surface area contributed by atoms with Gasteiger partial charge in [-0.2, -0.15) is 0 Å². The second-order valence-corrected chi connectivity index (χ2v) is 4.16. The Morgan fingerprint density at radius 3 is 2.67 bits per heavy atom. The van der Waals surface area contributed by atoms with Crippen LogP contribution in [-0.2, 0) is 4.79 Å². The number of hydrogen-bond acceptors (Lipinski definition) is 2. The lowest BCUT2D eigenvalue weighted by Gasteiger charge is -1.97. The van der Waals surface area contributed by atoms with Gasteiger partial charge in [-0.3, -0.25) is 4.79 Å². The minimum absolute atomic E-state index is 0.538. The van der Waals surface area contributed by atoms with Gasteiger partial charge in [-0.15, -0.1) is 11.3 Å². The fraction of sp³-hybridized carbons (Fsp3) is 0.444. The van der Waals surface area contributed by atoms with Gasteiger partial charge >= 0.3 is 0 Å². The molecule has 0 bridgehead atoms. The summed E-state index contributed by atoms with van der Waals surface area (Å²) >= 11 is 1.65. The maximum Gasteiger partial charge on any atom is 0.212 e. The maximum atomic E-state index is 10.2. The molecule has 66 valence electrons. The summed E-state index contributed by atoms with van der Waals surface area (Å²) in [6.45, 7) is 6.31. The highest BCUT2D eigenvalue weighted by Crippen LogP contribution is 2.31. The van der Waals surface area contributed by atoms with E-state index in [9.17, 15) is 4.79 Å². The standard InChI is InChI=1S/C9H13NOS/c1-6(2)8-4-7(3)9(12-8)10-5-11/h4-6H,1-3H3,(H,10,11). The Bertz CT molecular complexity index is 278. The molecule has 12 heavy (non-hydrogen) atoms. The smallest absolute Gasteiger partial charge is 0.212 e. The minimum atomic E-state index is 0.538. The first-order chi connectivity index (χ1) is 5.65. The minimum Gasteiger partial charge on any atom is -0.320 e. The van der Waals surface area contributed by atoms with Crippen molar-refractivity contribution in [3.63, 3.8) is 0 Å². The summed E-state index contributed by atoms with van der Waals surface area (Å²) in [4.78, 5) is 11.5. The van der Waals surface area contributed by atoms with Crippen molar-refractivity contribution in [1.29, 1.82) is 0 Å². The molecule has 1 amide bonds. The number of aryl methyl sites for hydroxylation is 1. The number of thiophene rings is 1.